The van der Waals surface area contributed by atoms with Crippen LogP contribution in [0.2, 0.25) is 0 Å². The van der Waals surface area contributed by atoms with Gasteiger partial charge in [-0.1, -0.05) is 0 Å². The lowest BCUT2D eigenvalue weighted by Crippen LogP contribution is -2.32. The van der Waals surface area contributed by atoms with Crippen molar-refractivity contribution in [3.8, 4) is 0 Å². The van der Waals surface area contributed by atoms with Crippen LogP contribution in [0.5, 0.6) is 0 Å². The number of anilines is 2. The Labute approximate surface area is 233 Å². The molecule has 10 atom stereocenters. The van der Waals surface area contributed by atoms with Crippen molar-refractivity contribution < 1.29 is 38.0 Å². The van der Waals surface area contributed by atoms with Gasteiger partial charge in [0, 0.05) is 12.1 Å². The highest BCUT2D eigenvalue weighted by Crippen LogP contribution is 2.58. The summed E-state index contributed by atoms with van der Waals surface area (Å²) in [6.45, 7) is -4.60. The Hall–Kier alpha value is -3.13. The summed E-state index contributed by atoms with van der Waals surface area (Å²) < 4.78 is 40.7. The number of hydrogen-bond acceptors (Lipinski definition) is 14. The Morgan fingerprint density at radius 3 is 2.76 bits per heavy atom. The maximum atomic E-state index is 15.1. The third kappa shape index (κ3) is 4.32. The summed E-state index contributed by atoms with van der Waals surface area (Å²) in [5, 5.41) is 21.2. The zero-order valence-electron chi connectivity index (χ0n) is 20.7. The first-order chi connectivity index (χ1) is 19.5. The van der Waals surface area contributed by atoms with Gasteiger partial charge in [-0.25, -0.2) is 19.3 Å². The number of nitrogens with two attached hydrogens (primary N) is 2. The van der Waals surface area contributed by atoms with E-state index in [1.807, 2.05) is 0 Å². The number of H-pyrrole nitrogens is 1. The second-order valence-corrected chi connectivity index (χ2v) is 12.7. The molecule has 2 aliphatic heterocycles. The Kier molecular flexibility index (Phi) is 6.16. The number of hydrogen-bond donors (Lipinski definition) is 6. The molecule has 3 fully saturated rings. The van der Waals surface area contributed by atoms with E-state index >= 15 is 4.39 Å². The SMILES string of the molecule is Nc1nc2c(ncn2[C@@H]2O[C@@H]3C(O)C3[C@H]2OP(O)(=S)OC[C@H]2O[C@@H](n3ccc4c(N)ncnc43)[C@@H](F)[C@@H]2O)c(=O)[nH]1. The third-order valence-corrected chi connectivity index (χ3v) is 8.98. The van der Waals surface area contributed by atoms with Crippen LogP contribution < -0.4 is 17.0 Å². The molecule has 6 heterocycles. The van der Waals surface area contributed by atoms with Crippen LogP contribution in [0.4, 0.5) is 16.2 Å². The first-order valence-corrected chi connectivity index (χ1v) is 14.9. The van der Waals surface area contributed by atoms with E-state index in [-0.39, 0.29) is 22.9 Å². The van der Waals surface area contributed by atoms with E-state index in [1.165, 1.54) is 28.0 Å². The zero-order chi connectivity index (χ0) is 28.8. The van der Waals surface area contributed by atoms with Crippen LogP contribution in [0.1, 0.15) is 12.5 Å². The molecule has 8 N–H and O–H groups in total. The van der Waals surface area contributed by atoms with Crippen LogP contribution in [0, 0.1) is 5.92 Å². The first kappa shape index (κ1) is 26.7. The molecular formula is C21H23FN9O8PS. The van der Waals surface area contributed by atoms with Gasteiger partial charge < -0.3 is 49.7 Å². The van der Waals surface area contributed by atoms with E-state index in [1.54, 1.807) is 6.07 Å². The summed E-state index contributed by atoms with van der Waals surface area (Å²) in [4.78, 5) is 41.6. The molecule has 4 aromatic rings. The fourth-order valence-corrected chi connectivity index (χ4v) is 6.79. The van der Waals surface area contributed by atoms with Crippen molar-refractivity contribution >= 4 is 52.5 Å². The van der Waals surface area contributed by atoms with Crippen LogP contribution in [0.25, 0.3) is 22.2 Å². The number of fused-ring (bicyclic) bond motifs is 3. The Morgan fingerprint density at radius 1 is 1.15 bits per heavy atom. The predicted molar refractivity (Wildman–Crippen MR) is 140 cm³/mol. The Bertz CT molecular complexity index is 1770. The lowest BCUT2D eigenvalue weighted by atomic mass is 10.1. The molecule has 0 aromatic carbocycles. The van der Waals surface area contributed by atoms with Crippen molar-refractivity contribution in [2.75, 3.05) is 18.1 Å². The smallest absolute Gasteiger partial charge is 0.325 e. The molecule has 4 aromatic heterocycles. The molecule has 3 unspecified atom stereocenters. The Balaban J connectivity index is 1.07. The van der Waals surface area contributed by atoms with Crippen molar-refractivity contribution in [3.05, 3.63) is 35.3 Å². The van der Waals surface area contributed by atoms with E-state index in [0.717, 1.165) is 0 Å². The van der Waals surface area contributed by atoms with Crippen LogP contribution in [-0.4, -0.2) is 92.5 Å². The van der Waals surface area contributed by atoms with Gasteiger partial charge in [0.1, 0.15) is 36.1 Å². The van der Waals surface area contributed by atoms with E-state index in [9.17, 15) is 19.9 Å². The zero-order valence-corrected chi connectivity index (χ0v) is 22.4. The molecule has 218 valence electrons. The fourth-order valence-electron chi connectivity index (χ4n) is 5.36. The molecule has 1 aliphatic carbocycles. The van der Waals surface area contributed by atoms with Gasteiger partial charge in [-0.3, -0.25) is 14.3 Å². The third-order valence-electron chi connectivity index (χ3n) is 7.42. The van der Waals surface area contributed by atoms with Gasteiger partial charge >= 0.3 is 6.72 Å². The molecule has 0 amide bonds. The van der Waals surface area contributed by atoms with Crippen LogP contribution in [-0.2, 0) is 30.3 Å². The van der Waals surface area contributed by atoms with E-state index < -0.39 is 73.9 Å². The molecule has 1 saturated carbocycles. The number of alkyl halides is 1. The molecule has 17 nitrogen and oxygen atoms in total. The largest absolute Gasteiger partial charge is 0.390 e. The molecule has 0 bridgehead atoms. The number of nitrogen functional groups attached to an aromatic ring is 2. The number of nitrogens with one attached hydrogen (secondary N) is 1. The highest BCUT2D eigenvalue weighted by atomic mass is 32.5. The summed E-state index contributed by atoms with van der Waals surface area (Å²) in [7, 11) is 0. The van der Waals surface area contributed by atoms with Crippen LogP contribution >= 0.6 is 6.72 Å². The average molecular weight is 612 g/mol. The van der Waals surface area contributed by atoms with E-state index in [0.29, 0.717) is 11.0 Å². The minimum Gasteiger partial charge on any atom is -0.390 e. The van der Waals surface area contributed by atoms with Crippen molar-refractivity contribution in [2.24, 2.45) is 5.92 Å². The topological polar surface area (TPSA) is 244 Å². The molecule has 0 radical (unpaired) electrons. The monoisotopic (exact) mass is 611 g/mol. The second kappa shape index (κ2) is 9.45. The summed E-state index contributed by atoms with van der Waals surface area (Å²) in [5.74, 6) is -0.518. The molecule has 20 heteroatoms. The standard InChI is InChI=1S/C21H23FN9O8PS/c22-9-11(32)7(37-19(9)30-2-1-6-15(23)25-4-26-16(6)30)3-36-40(35,41)39-14-8-12(33)13(8)38-20(14)31-5-27-10-17(31)28-21(24)29-18(10)34/h1-2,4-5,7-9,11-14,19-20,32-33H,3H2,(H,35,41)(H2,23,25,26)(H3,24,28,29,34)/t7-,8?,9+,11-,12?,13+,14-,19-,20-,40?/m1/s1. The molecule has 0 spiro atoms. The minimum atomic E-state index is -4.08. The number of aromatic amines is 1. The van der Waals surface area contributed by atoms with Crippen molar-refractivity contribution in [3.63, 3.8) is 0 Å². The minimum absolute atomic E-state index is 0.00493. The van der Waals surface area contributed by atoms with Crippen LogP contribution in [0.15, 0.2) is 29.7 Å². The quantitative estimate of drug-likeness (QED) is 0.135. The first-order valence-electron chi connectivity index (χ1n) is 12.3. The van der Waals surface area contributed by atoms with Gasteiger partial charge in [0.15, 0.2) is 29.8 Å². The summed E-state index contributed by atoms with van der Waals surface area (Å²) in [6, 6.07) is 1.60. The van der Waals surface area contributed by atoms with Gasteiger partial charge in [-0.2, -0.15) is 4.98 Å². The molecule has 2 saturated heterocycles. The lowest BCUT2D eigenvalue weighted by Gasteiger charge is -2.28. The normalized spacial score (nSPS) is 34.3. The number of aliphatic hydroxyl groups excluding tert-OH is 2. The number of imidazole rings is 1. The second-order valence-electron chi connectivity index (χ2n) is 9.89. The van der Waals surface area contributed by atoms with E-state index in [2.05, 4.69) is 24.9 Å². The average Bonchev–Trinajstić information content (AvgIpc) is 3.40. The molecule has 3 aliphatic rings. The lowest BCUT2D eigenvalue weighted by molar-refractivity contribution is -0.0687. The number of rotatable bonds is 7. The maximum Gasteiger partial charge on any atom is 0.325 e. The van der Waals surface area contributed by atoms with Gasteiger partial charge in [-0.05, 0) is 17.9 Å². The highest BCUT2D eigenvalue weighted by Gasteiger charge is 2.66. The molecule has 41 heavy (non-hydrogen) atoms. The summed E-state index contributed by atoms with van der Waals surface area (Å²) >= 11 is 5.20. The summed E-state index contributed by atoms with van der Waals surface area (Å²) in [6.07, 6.45) is -5.50. The highest BCUT2D eigenvalue weighted by molar-refractivity contribution is 8.07. The number of halogens is 1. The van der Waals surface area contributed by atoms with Gasteiger partial charge in [0.05, 0.1) is 30.5 Å². The number of nitrogens with zero attached hydrogens (tertiary/aromatic N) is 6. The van der Waals surface area contributed by atoms with E-state index in [4.69, 9.17) is 41.8 Å². The van der Waals surface area contributed by atoms with Gasteiger partial charge in [0.25, 0.3) is 5.56 Å². The van der Waals surface area contributed by atoms with Crippen molar-refractivity contribution in [2.45, 2.75) is 49.1 Å². The van der Waals surface area contributed by atoms with Gasteiger partial charge in [0.2, 0.25) is 5.95 Å². The predicted octanol–water partition coefficient (Wildman–Crippen LogP) is -1.17. The Morgan fingerprint density at radius 2 is 1.95 bits per heavy atom. The van der Waals surface area contributed by atoms with Crippen LogP contribution in [0.3, 0.4) is 0 Å². The number of ether oxygens (including phenoxy) is 2. The number of aliphatic hydroxyl groups is 2. The number of aromatic nitrogens is 7. The molecular weight excluding hydrogens is 588 g/mol. The summed E-state index contributed by atoms with van der Waals surface area (Å²) in [5.41, 5.74) is 11.4. The molecule has 7 rings (SSSR count). The van der Waals surface area contributed by atoms with Gasteiger partial charge in [-0.15, -0.1) is 0 Å². The fraction of sp³-hybridized carbons (Fsp3) is 0.476. The maximum absolute atomic E-state index is 15.1. The van der Waals surface area contributed by atoms with Crippen molar-refractivity contribution in [1.82, 2.24) is 34.1 Å². The van der Waals surface area contributed by atoms with Crippen molar-refractivity contribution in [1.29, 1.82) is 0 Å².